The molecule has 0 saturated carbocycles. The van der Waals surface area contributed by atoms with Gasteiger partial charge in [-0.1, -0.05) is 30.3 Å². The van der Waals surface area contributed by atoms with Crippen molar-refractivity contribution >= 4 is 46.5 Å². The number of anilines is 2. The van der Waals surface area contributed by atoms with Crippen molar-refractivity contribution in [1.29, 1.82) is 0 Å². The highest BCUT2D eigenvalue weighted by molar-refractivity contribution is 7.80. The van der Waals surface area contributed by atoms with Gasteiger partial charge in [-0.25, -0.2) is 9.18 Å². The Hall–Kier alpha value is -4.11. The molecule has 1 aliphatic rings. The normalized spacial score (nSPS) is 15.2. The summed E-state index contributed by atoms with van der Waals surface area (Å²) in [4.78, 5) is 41.4. The van der Waals surface area contributed by atoms with Gasteiger partial charge in [-0.3, -0.25) is 14.5 Å². The molecule has 36 heavy (non-hydrogen) atoms. The number of nitrogens with zero attached hydrogens (tertiary/aromatic N) is 2. The Morgan fingerprint density at radius 3 is 2.31 bits per heavy atom. The summed E-state index contributed by atoms with van der Waals surface area (Å²) in [6, 6.07) is 20.3. The molecule has 3 aromatic carbocycles. The first kappa shape index (κ1) is 25.0. The molecule has 7 nitrogen and oxygen atoms in total. The van der Waals surface area contributed by atoms with Crippen LogP contribution in [-0.2, 0) is 20.9 Å². The number of carbonyl (C=O) groups excluding carboxylic acids is 3. The van der Waals surface area contributed by atoms with E-state index in [1.807, 2.05) is 6.07 Å². The van der Waals surface area contributed by atoms with Gasteiger partial charge in [0.1, 0.15) is 11.9 Å². The Kier molecular flexibility index (Phi) is 7.70. The molecule has 2 amide bonds. The summed E-state index contributed by atoms with van der Waals surface area (Å²) in [7, 11) is 0. The zero-order valence-electron chi connectivity index (χ0n) is 19.5. The van der Waals surface area contributed by atoms with Crippen LogP contribution in [0.3, 0.4) is 0 Å². The second-order valence-electron chi connectivity index (χ2n) is 8.11. The lowest BCUT2D eigenvalue weighted by molar-refractivity contribution is -0.124. The quantitative estimate of drug-likeness (QED) is 0.358. The molecule has 9 heteroatoms. The van der Waals surface area contributed by atoms with Crippen molar-refractivity contribution in [3.8, 4) is 0 Å². The van der Waals surface area contributed by atoms with Gasteiger partial charge in [-0.05, 0) is 73.2 Å². The van der Waals surface area contributed by atoms with Gasteiger partial charge in [0.05, 0.1) is 24.3 Å². The standard InChI is InChI=1S/C27H24FN3O4S/c1-2-35-26(34)19-10-14-22(15-11-19)31-25(33)23(16-24(32)29-21-6-4-3-5-7-21)30(27(31)36)17-18-8-12-20(28)13-9-18/h3-15,23H,2,16-17H2,1H3,(H,29,32). The van der Waals surface area contributed by atoms with Crippen LogP contribution in [0.15, 0.2) is 78.9 Å². The van der Waals surface area contributed by atoms with E-state index in [4.69, 9.17) is 17.0 Å². The molecule has 1 fully saturated rings. The zero-order chi connectivity index (χ0) is 25.7. The van der Waals surface area contributed by atoms with E-state index in [0.29, 0.717) is 16.9 Å². The summed E-state index contributed by atoms with van der Waals surface area (Å²) in [5, 5.41) is 3.02. The lowest BCUT2D eigenvalue weighted by Gasteiger charge is -2.24. The van der Waals surface area contributed by atoms with Crippen molar-refractivity contribution in [2.24, 2.45) is 0 Å². The Morgan fingerprint density at radius 2 is 1.67 bits per heavy atom. The van der Waals surface area contributed by atoms with Crippen LogP contribution in [0.1, 0.15) is 29.3 Å². The zero-order valence-corrected chi connectivity index (χ0v) is 20.3. The average Bonchev–Trinajstić information content (AvgIpc) is 3.10. The number of esters is 1. The lowest BCUT2D eigenvalue weighted by atomic mass is 10.1. The fourth-order valence-corrected chi connectivity index (χ4v) is 4.30. The summed E-state index contributed by atoms with van der Waals surface area (Å²) in [6.45, 7) is 2.18. The van der Waals surface area contributed by atoms with Crippen LogP contribution >= 0.6 is 12.2 Å². The predicted molar refractivity (Wildman–Crippen MR) is 138 cm³/mol. The van der Waals surface area contributed by atoms with Gasteiger partial charge in [0.15, 0.2) is 5.11 Å². The van der Waals surface area contributed by atoms with Crippen LogP contribution in [0, 0.1) is 5.82 Å². The SMILES string of the molecule is CCOC(=O)c1ccc(N2C(=O)C(CC(=O)Nc3ccccc3)N(Cc3ccc(F)cc3)C2=S)cc1. The minimum Gasteiger partial charge on any atom is -0.462 e. The second-order valence-corrected chi connectivity index (χ2v) is 8.48. The molecule has 1 saturated heterocycles. The number of hydrogen-bond donors (Lipinski definition) is 1. The van der Waals surface area contributed by atoms with E-state index in [1.54, 1.807) is 72.5 Å². The number of para-hydroxylation sites is 1. The molecule has 0 spiro atoms. The van der Waals surface area contributed by atoms with Crippen molar-refractivity contribution in [2.45, 2.75) is 25.9 Å². The smallest absolute Gasteiger partial charge is 0.338 e. The molecule has 1 heterocycles. The number of thiocarbonyl (C=S) groups is 1. The van der Waals surface area contributed by atoms with Crippen molar-refractivity contribution in [3.63, 3.8) is 0 Å². The molecule has 1 unspecified atom stereocenters. The summed E-state index contributed by atoms with van der Waals surface area (Å²) < 4.78 is 18.4. The van der Waals surface area contributed by atoms with Crippen molar-refractivity contribution in [1.82, 2.24) is 4.90 Å². The van der Waals surface area contributed by atoms with E-state index in [1.165, 1.54) is 17.0 Å². The van der Waals surface area contributed by atoms with Gasteiger partial charge in [-0.2, -0.15) is 0 Å². The molecule has 0 aliphatic carbocycles. The molecule has 0 radical (unpaired) electrons. The minimum atomic E-state index is -0.865. The van der Waals surface area contributed by atoms with Gasteiger partial charge in [0, 0.05) is 12.2 Å². The highest BCUT2D eigenvalue weighted by Crippen LogP contribution is 2.29. The van der Waals surface area contributed by atoms with E-state index in [0.717, 1.165) is 5.56 Å². The number of rotatable bonds is 8. The first-order chi connectivity index (χ1) is 17.4. The van der Waals surface area contributed by atoms with Crippen molar-refractivity contribution in [3.05, 3.63) is 95.8 Å². The summed E-state index contributed by atoms with van der Waals surface area (Å²) >= 11 is 5.67. The van der Waals surface area contributed by atoms with Gasteiger partial charge >= 0.3 is 5.97 Å². The number of ether oxygens (including phenoxy) is 1. The molecule has 1 atom stereocenters. The van der Waals surface area contributed by atoms with Crippen LogP contribution in [-0.4, -0.2) is 40.4 Å². The maximum Gasteiger partial charge on any atom is 0.338 e. The number of nitrogens with one attached hydrogen (secondary N) is 1. The fraction of sp³-hybridized carbons (Fsp3) is 0.185. The second kappa shape index (κ2) is 11.1. The largest absolute Gasteiger partial charge is 0.462 e. The van der Waals surface area contributed by atoms with Crippen LogP contribution in [0.2, 0.25) is 0 Å². The molecule has 1 N–H and O–H groups in total. The molecule has 3 aromatic rings. The van der Waals surface area contributed by atoms with Gasteiger partial charge in [-0.15, -0.1) is 0 Å². The Morgan fingerprint density at radius 1 is 1.00 bits per heavy atom. The average molecular weight is 506 g/mol. The van der Waals surface area contributed by atoms with E-state index in [-0.39, 0.29) is 42.3 Å². The molecule has 4 rings (SSSR count). The lowest BCUT2D eigenvalue weighted by Crippen LogP contribution is -2.37. The van der Waals surface area contributed by atoms with Crippen molar-refractivity contribution in [2.75, 3.05) is 16.8 Å². The maximum absolute atomic E-state index is 13.5. The number of benzene rings is 3. The van der Waals surface area contributed by atoms with E-state index in [2.05, 4.69) is 5.32 Å². The molecule has 184 valence electrons. The Labute approximate surface area is 213 Å². The topological polar surface area (TPSA) is 78.9 Å². The monoisotopic (exact) mass is 505 g/mol. The minimum absolute atomic E-state index is 0.132. The Balaban J connectivity index is 1.59. The third-order valence-corrected chi connectivity index (χ3v) is 6.07. The van der Waals surface area contributed by atoms with Crippen LogP contribution < -0.4 is 10.2 Å². The molecule has 1 aliphatic heterocycles. The summed E-state index contributed by atoms with van der Waals surface area (Å²) in [5.74, 6) is -1.55. The van der Waals surface area contributed by atoms with E-state index < -0.39 is 12.0 Å². The molecule has 0 bridgehead atoms. The van der Waals surface area contributed by atoms with Crippen LogP contribution in [0.25, 0.3) is 0 Å². The van der Waals surface area contributed by atoms with Crippen molar-refractivity contribution < 1.29 is 23.5 Å². The highest BCUT2D eigenvalue weighted by atomic mass is 32.1. The van der Waals surface area contributed by atoms with Crippen LogP contribution in [0.4, 0.5) is 15.8 Å². The predicted octanol–water partition coefficient (Wildman–Crippen LogP) is 4.53. The molecular formula is C27H24FN3O4S. The number of carbonyl (C=O) groups is 3. The third kappa shape index (κ3) is 5.58. The summed E-state index contributed by atoms with van der Waals surface area (Å²) in [5.41, 5.74) is 2.17. The van der Waals surface area contributed by atoms with E-state index in [9.17, 15) is 18.8 Å². The number of hydrogen-bond acceptors (Lipinski definition) is 5. The number of amides is 2. The van der Waals surface area contributed by atoms with Crippen LogP contribution in [0.5, 0.6) is 0 Å². The maximum atomic E-state index is 13.5. The van der Waals surface area contributed by atoms with Gasteiger partial charge in [0.25, 0.3) is 5.91 Å². The highest BCUT2D eigenvalue weighted by Gasteiger charge is 2.44. The molecule has 0 aromatic heterocycles. The van der Waals surface area contributed by atoms with Gasteiger partial charge < -0.3 is 15.0 Å². The van der Waals surface area contributed by atoms with Gasteiger partial charge in [0.2, 0.25) is 5.91 Å². The first-order valence-corrected chi connectivity index (χ1v) is 11.8. The fourth-order valence-electron chi connectivity index (χ4n) is 3.91. The Bertz CT molecular complexity index is 1270. The molecular weight excluding hydrogens is 481 g/mol. The third-order valence-electron chi connectivity index (χ3n) is 5.66. The van der Waals surface area contributed by atoms with E-state index >= 15 is 0 Å². The summed E-state index contributed by atoms with van der Waals surface area (Å²) in [6.07, 6.45) is -0.132. The number of halogens is 1. The first-order valence-electron chi connectivity index (χ1n) is 11.4.